The monoisotopic (exact) mass is 744 g/mol. The van der Waals surface area contributed by atoms with Crippen molar-refractivity contribution in [2.24, 2.45) is 0 Å². The molecule has 2 aliphatic rings. The van der Waals surface area contributed by atoms with E-state index in [4.69, 9.17) is 19.7 Å². The van der Waals surface area contributed by atoms with Gasteiger partial charge in [-0.15, -0.1) is 0 Å². The number of para-hydroxylation sites is 1. The van der Waals surface area contributed by atoms with E-state index >= 15 is 0 Å². The predicted molar refractivity (Wildman–Crippen MR) is 232 cm³/mol. The quantitative estimate of drug-likeness (QED) is 0.176. The second-order valence-corrected chi connectivity index (χ2v) is 15.1. The summed E-state index contributed by atoms with van der Waals surface area (Å²) >= 11 is 0. The molecule has 0 saturated carbocycles. The van der Waals surface area contributed by atoms with Crippen molar-refractivity contribution >= 4 is 0 Å². The summed E-state index contributed by atoms with van der Waals surface area (Å²) in [5, 5.41) is 0. The van der Waals surface area contributed by atoms with Crippen molar-refractivity contribution in [2.45, 2.75) is 19.3 Å². The van der Waals surface area contributed by atoms with E-state index in [0.29, 0.717) is 17.5 Å². The molecule has 1 aliphatic carbocycles. The van der Waals surface area contributed by atoms with Gasteiger partial charge >= 0.3 is 0 Å². The number of hydrogen-bond donors (Lipinski definition) is 0. The highest BCUT2D eigenvalue weighted by Crippen LogP contribution is 2.62. The Hall–Kier alpha value is -7.50. The number of pyridine rings is 1. The first-order valence-corrected chi connectivity index (χ1v) is 19.6. The first kappa shape index (κ1) is 33.8. The van der Waals surface area contributed by atoms with Gasteiger partial charge in [0.25, 0.3) is 0 Å². The second-order valence-electron chi connectivity index (χ2n) is 15.1. The fourth-order valence-corrected chi connectivity index (χ4v) is 9.02. The fraction of sp³-hybridized carbons (Fsp3) is 0.0566. The number of hydrogen-bond acceptors (Lipinski definition) is 5. The summed E-state index contributed by atoms with van der Waals surface area (Å²) in [5.41, 5.74) is 15.9. The van der Waals surface area contributed by atoms with Crippen molar-refractivity contribution in [3.8, 4) is 79.0 Å². The van der Waals surface area contributed by atoms with Crippen LogP contribution in [0, 0.1) is 13.8 Å². The third kappa shape index (κ3) is 5.31. The third-order valence-corrected chi connectivity index (χ3v) is 11.7. The predicted octanol–water partition coefficient (Wildman–Crippen LogP) is 12.7. The number of aryl methyl sites for hydroxylation is 2. The van der Waals surface area contributed by atoms with Crippen molar-refractivity contribution in [3.63, 3.8) is 0 Å². The van der Waals surface area contributed by atoms with E-state index in [9.17, 15) is 0 Å². The van der Waals surface area contributed by atoms with Crippen LogP contribution in [0.5, 0.6) is 11.5 Å². The third-order valence-electron chi connectivity index (χ3n) is 11.7. The lowest BCUT2D eigenvalue weighted by molar-refractivity contribution is 0.436. The second kappa shape index (κ2) is 13.3. The molecule has 11 rings (SSSR count). The van der Waals surface area contributed by atoms with Gasteiger partial charge in [-0.1, -0.05) is 133 Å². The van der Waals surface area contributed by atoms with Gasteiger partial charge in [-0.3, -0.25) is 4.98 Å². The zero-order valence-electron chi connectivity index (χ0n) is 32.0. The van der Waals surface area contributed by atoms with Crippen LogP contribution >= 0.6 is 0 Å². The van der Waals surface area contributed by atoms with Crippen LogP contribution in [0.25, 0.3) is 67.5 Å². The highest BCUT2D eigenvalue weighted by Gasteiger charge is 2.51. The lowest BCUT2D eigenvalue weighted by Gasteiger charge is -2.39. The number of fused-ring (bicyclic) bond motifs is 9. The average Bonchev–Trinajstić information content (AvgIpc) is 3.57. The molecule has 58 heavy (non-hydrogen) atoms. The van der Waals surface area contributed by atoms with Crippen molar-refractivity contribution in [3.05, 3.63) is 216 Å². The molecule has 1 unspecified atom stereocenters. The first-order chi connectivity index (χ1) is 28.5. The van der Waals surface area contributed by atoms with Gasteiger partial charge in [0, 0.05) is 45.3 Å². The Morgan fingerprint density at radius 2 is 0.931 bits per heavy atom. The summed E-state index contributed by atoms with van der Waals surface area (Å²) < 4.78 is 6.81. The molecule has 0 fully saturated rings. The minimum Gasteiger partial charge on any atom is -0.457 e. The Balaban J connectivity index is 1.14. The summed E-state index contributed by atoms with van der Waals surface area (Å²) in [6, 6.07) is 61.9. The van der Waals surface area contributed by atoms with Crippen LogP contribution in [0.15, 0.2) is 182 Å². The molecule has 0 bridgehead atoms. The SMILES string of the molecule is Cc1cc(C)c(-c2cccc(-c3ccc4c(c3)C3(c5ccccc5Oc5ccc(-c6nc(-c7ccccc7)nc(-c7ccccc7)n6)cc53)c3ccccc3-4)c2)cn1. The Bertz CT molecular complexity index is 3010. The van der Waals surface area contributed by atoms with Gasteiger partial charge < -0.3 is 4.74 Å². The van der Waals surface area contributed by atoms with E-state index in [0.717, 1.165) is 67.3 Å². The summed E-state index contributed by atoms with van der Waals surface area (Å²) in [6.07, 6.45) is 1.99. The molecule has 1 spiro atoms. The van der Waals surface area contributed by atoms with Crippen molar-refractivity contribution < 1.29 is 4.74 Å². The molecule has 1 atom stereocenters. The number of aromatic nitrogens is 4. The molecule has 5 nitrogen and oxygen atoms in total. The molecule has 2 aromatic heterocycles. The van der Waals surface area contributed by atoms with Crippen LogP contribution in [-0.2, 0) is 5.41 Å². The van der Waals surface area contributed by atoms with Gasteiger partial charge in [0.05, 0.1) is 5.41 Å². The lowest BCUT2D eigenvalue weighted by Crippen LogP contribution is -2.32. The van der Waals surface area contributed by atoms with Gasteiger partial charge in [0.1, 0.15) is 11.5 Å². The molecule has 0 amide bonds. The van der Waals surface area contributed by atoms with E-state index in [1.807, 2.05) is 73.8 Å². The summed E-state index contributed by atoms with van der Waals surface area (Å²) in [6.45, 7) is 4.19. The lowest BCUT2D eigenvalue weighted by atomic mass is 9.65. The van der Waals surface area contributed by atoms with Gasteiger partial charge in [-0.2, -0.15) is 0 Å². The Kier molecular flexibility index (Phi) is 7.76. The molecule has 5 heteroatoms. The molecule has 7 aromatic carbocycles. The van der Waals surface area contributed by atoms with Gasteiger partial charge in [-0.05, 0) is 101 Å². The topological polar surface area (TPSA) is 60.8 Å². The van der Waals surface area contributed by atoms with Crippen molar-refractivity contribution in [1.82, 2.24) is 19.9 Å². The van der Waals surface area contributed by atoms with Crippen LogP contribution in [0.1, 0.15) is 33.5 Å². The van der Waals surface area contributed by atoms with Crippen LogP contribution < -0.4 is 4.74 Å². The number of rotatable bonds is 5. The van der Waals surface area contributed by atoms with Crippen LogP contribution in [0.4, 0.5) is 0 Å². The van der Waals surface area contributed by atoms with Crippen molar-refractivity contribution in [2.75, 3.05) is 0 Å². The largest absolute Gasteiger partial charge is 0.457 e. The van der Waals surface area contributed by atoms with Gasteiger partial charge in [-0.25, -0.2) is 15.0 Å². The van der Waals surface area contributed by atoms with Gasteiger partial charge in [0.15, 0.2) is 17.5 Å². The molecule has 3 heterocycles. The van der Waals surface area contributed by atoms with E-state index < -0.39 is 5.41 Å². The molecule has 9 aromatic rings. The Morgan fingerprint density at radius 3 is 1.67 bits per heavy atom. The maximum atomic E-state index is 6.81. The summed E-state index contributed by atoms with van der Waals surface area (Å²) in [5.74, 6) is 3.50. The molecule has 1 aliphatic heterocycles. The summed E-state index contributed by atoms with van der Waals surface area (Å²) in [7, 11) is 0. The fourth-order valence-electron chi connectivity index (χ4n) is 9.02. The Morgan fingerprint density at radius 1 is 0.379 bits per heavy atom. The normalized spacial score (nSPS) is 14.6. The smallest absolute Gasteiger partial charge is 0.164 e. The van der Waals surface area contributed by atoms with E-state index in [-0.39, 0.29) is 0 Å². The van der Waals surface area contributed by atoms with E-state index in [1.165, 1.54) is 27.8 Å². The zero-order chi connectivity index (χ0) is 38.8. The van der Waals surface area contributed by atoms with Crippen LogP contribution in [-0.4, -0.2) is 19.9 Å². The maximum absolute atomic E-state index is 6.81. The first-order valence-electron chi connectivity index (χ1n) is 19.6. The van der Waals surface area contributed by atoms with Crippen molar-refractivity contribution in [1.29, 1.82) is 0 Å². The Labute approximate surface area is 337 Å². The number of benzene rings is 7. The zero-order valence-corrected chi connectivity index (χ0v) is 32.0. The van der Waals surface area contributed by atoms with Crippen LogP contribution in [0.2, 0.25) is 0 Å². The number of nitrogens with zero attached hydrogens (tertiary/aromatic N) is 4. The minimum atomic E-state index is -0.686. The maximum Gasteiger partial charge on any atom is 0.164 e. The molecule has 274 valence electrons. The highest BCUT2D eigenvalue weighted by molar-refractivity contribution is 5.91. The molecule has 0 radical (unpaired) electrons. The molecular weight excluding hydrogens is 709 g/mol. The minimum absolute atomic E-state index is 0.600. The van der Waals surface area contributed by atoms with Gasteiger partial charge in [0.2, 0.25) is 0 Å². The van der Waals surface area contributed by atoms with Crippen LogP contribution in [0.3, 0.4) is 0 Å². The molecular formula is C53H36N4O. The molecule has 0 saturated heterocycles. The highest BCUT2D eigenvalue weighted by atomic mass is 16.5. The van der Waals surface area contributed by atoms with E-state index in [2.05, 4.69) is 127 Å². The molecule has 0 N–H and O–H groups in total. The summed E-state index contributed by atoms with van der Waals surface area (Å²) in [4.78, 5) is 19.9. The average molecular weight is 745 g/mol. The van der Waals surface area contributed by atoms with E-state index in [1.54, 1.807) is 0 Å². The standard InChI is InChI=1S/C53H36N4O/c1-33-28-34(2)54-32-43(33)39-19-13-18-37(29-39)38-24-26-42-41-20-9-10-21-44(41)53(46(42)30-38)45-22-11-12-23-48(45)58-49-27-25-40(31-47(49)53)52-56-50(35-14-5-3-6-15-35)55-51(57-52)36-16-7-4-8-17-36/h3-32H,1-2H3. The number of ether oxygens (including phenoxy) is 1.